The number of pyridine rings is 1. The summed E-state index contributed by atoms with van der Waals surface area (Å²) in [5.41, 5.74) is 2.08. The van der Waals surface area contributed by atoms with Crippen molar-refractivity contribution in [3.05, 3.63) is 62.5 Å². The second kappa shape index (κ2) is 8.46. The van der Waals surface area contributed by atoms with E-state index in [9.17, 15) is 9.90 Å². The van der Waals surface area contributed by atoms with E-state index >= 15 is 0 Å². The highest BCUT2D eigenvalue weighted by atomic mass is 35.5. The Morgan fingerprint density at radius 2 is 1.70 bits per heavy atom. The van der Waals surface area contributed by atoms with Gasteiger partial charge in [0.15, 0.2) is 0 Å². The summed E-state index contributed by atoms with van der Waals surface area (Å²) < 4.78 is 1.72. The van der Waals surface area contributed by atoms with E-state index < -0.39 is 0 Å². The van der Waals surface area contributed by atoms with E-state index in [4.69, 9.17) is 11.6 Å². The molecule has 2 heterocycles. The van der Waals surface area contributed by atoms with Gasteiger partial charge in [0.05, 0.1) is 11.6 Å². The molecule has 146 valence electrons. The van der Waals surface area contributed by atoms with Crippen molar-refractivity contribution in [2.45, 2.75) is 33.4 Å². The summed E-state index contributed by atoms with van der Waals surface area (Å²) in [6.45, 7) is 11.2. The molecule has 6 heteroatoms. The highest BCUT2D eigenvalue weighted by Gasteiger charge is 2.31. The van der Waals surface area contributed by atoms with Gasteiger partial charge in [0, 0.05) is 43.4 Å². The first kappa shape index (κ1) is 19.9. The lowest BCUT2D eigenvalue weighted by molar-refractivity contribution is 0.111. The fourth-order valence-corrected chi connectivity index (χ4v) is 4.09. The molecule has 3 rings (SSSR count). The van der Waals surface area contributed by atoms with Crippen molar-refractivity contribution in [3.8, 4) is 5.75 Å². The Labute approximate surface area is 165 Å². The van der Waals surface area contributed by atoms with Crippen LogP contribution in [0.1, 0.15) is 36.7 Å². The zero-order valence-electron chi connectivity index (χ0n) is 16.3. The number of rotatable bonds is 5. The van der Waals surface area contributed by atoms with E-state index in [1.807, 2.05) is 38.1 Å². The first-order chi connectivity index (χ1) is 13.0. The van der Waals surface area contributed by atoms with Crippen LogP contribution in [0, 0.1) is 6.92 Å². The molecule has 27 heavy (non-hydrogen) atoms. The van der Waals surface area contributed by atoms with Crippen molar-refractivity contribution in [2.75, 3.05) is 32.7 Å². The molecule has 1 aromatic heterocycles. The predicted octanol–water partition coefficient (Wildman–Crippen LogP) is 3.26. The van der Waals surface area contributed by atoms with Gasteiger partial charge in [0.2, 0.25) is 0 Å². The van der Waals surface area contributed by atoms with Crippen LogP contribution in [-0.4, -0.2) is 52.2 Å². The van der Waals surface area contributed by atoms with Gasteiger partial charge >= 0.3 is 0 Å². The number of piperazine rings is 1. The Hall–Kier alpha value is -1.82. The smallest absolute Gasteiger partial charge is 0.259 e. The van der Waals surface area contributed by atoms with Crippen LogP contribution in [0.5, 0.6) is 5.75 Å². The molecule has 0 spiro atoms. The molecular weight excluding hydrogens is 362 g/mol. The third-order valence-electron chi connectivity index (χ3n) is 5.52. The van der Waals surface area contributed by atoms with Gasteiger partial charge in [-0.3, -0.25) is 9.69 Å². The highest BCUT2D eigenvalue weighted by Crippen LogP contribution is 2.33. The van der Waals surface area contributed by atoms with E-state index in [-0.39, 0.29) is 17.4 Å². The average molecular weight is 390 g/mol. The molecule has 1 atom stereocenters. The number of likely N-dealkylation sites (N-methyl/N-ethyl adjacent to an activating group) is 1. The lowest BCUT2D eigenvalue weighted by atomic mass is 9.96. The van der Waals surface area contributed by atoms with E-state index in [1.54, 1.807) is 10.6 Å². The molecular formula is C21H28ClN3O2. The minimum absolute atomic E-state index is 0.0695. The van der Waals surface area contributed by atoms with Gasteiger partial charge in [-0.15, -0.1) is 0 Å². The number of hydrogen-bond acceptors (Lipinski definition) is 4. The Bertz CT molecular complexity index is 840. The van der Waals surface area contributed by atoms with Crippen LogP contribution >= 0.6 is 11.6 Å². The topological polar surface area (TPSA) is 48.7 Å². The second-order valence-electron chi connectivity index (χ2n) is 7.06. The molecule has 1 fully saturated rings. The van der Waals surface area contributed by atoms with Gasteiger partial charge < -0.3 is 14.6 Å². The summed E-state index contributed by atoms with van der Waals surface area (Å²) in [5.74, 6) is 0.0695. The molecule has 2 aromatic rings. The van der Waals surface area contributed by atoms with Crippen molar-refractivity contribution in [1.29, 1.82) is 0 Å². The SMILES string of the molecule is CCN1CCN([C@@H](c2ccc(Cl)cc2)c2c(O)cc(C)n(CC)c2=O)CC1. The van der Waals surface area contributed by atoms with E-state index in [2.05, 4.69) is 16.7 Å². The minimum atomic E-state index is -0.285. The zero-order valence-corrected chi connectivity index (χ0v) is 17.0. The molecule has 1 aliphatic rings. The maximum Gasteiger partial charge on any atom is 0.259 e. The molecule has 0 radical (unpaired) electrons. The van der Waals surface area contributed by atoms with Gasteiger partial charge in [-0.1, -0.05) is 30.7 Å². The van der Waals surface area contributed by atoms with Gasteiger partial charge in [-0.05, 0) is 44.2 Å². The highest BCUT2D eigenvalue weighted by molar-refractivity contribution is 6.30. The van der Waals surface area contributed by atoms with Crippen LogP contribution < -0.4 is 5.56 Å². The fourth-order valence-electron chi connectivity index (χ4n) is 3.96. The number of hydrogen-bond donors (Lipinski definition) is 1. The molecule has 0 bridgehead atoms. The van der Waals surface area contributed by atoms with Crippen molar-refractivity contribution < 1.29 is 5.11 Å². The van der Waals surface area contributed by atoms with Crippen LogP contribution in [0.15, 0.2) is 35.1 Å². The largest absolute Gasteiger partial charge is 0.507 e. The van der Waals surface area contributed by atoms with Crippen molar-refractivity contribution in [2.24, 2.45) is 0 Å². The number of benzene rings is 1. The molecule has 1 aromatic carbocycles. The fraction of sp³-hybridized carbons (Fsp3) is 0.476. The molecule has 0 saturated carbocycles. The van der Waals surface area contributed by atoms with Crippen LogP contribution in [0.4, 0.5) is 0 Å². The minimum Gasteiger partial charge on any atom is -0.507 e. The van der Waals surface area contributed by atoms with E-state index in [0.717, 1.165) is 44.0 Å². The summed E-state index contributed by atoms with van der Waals surface area (Å²) in [6, 6.07) is 9.01. The van der Waals surface area contributed by atoms with Gasteiger partial charge in [-0.2, -0.15) is 0 Å². The molecule has 0 amide bonds. The Morgan fingerprint density at radius 3 is 2.26 bits per heavy atom. The number of nitrogens with zero attached hydrogens (tertiary/aromatic N) is 3. The molecule has 0 unspecified atom stereocenters. The third kappa shape index (κ3) is 4.05. The summed E-state index contributed by atoms with van der Waals surface area (Å²) in [7, 11) is 0. The maximum atomic E-state index is 13.2. The molecule has 1 saturated heterocycles. The number of aryl methyl sites for hydroxylation is 1. The third-order valence-corrected chi connectivity index (χ3v) is 5.77. The normalized spacial score (nSPS) is 17.2. The quantitative estimate of drug-likeness (QED) is 0.852. The van der Waals surface area contributed by atoms with E-state index in [0.29, 0.717) is 17.1 Å². The number of aromatic hydroxyl groups is 1. The Morgan fingerprint density at radius 1 is 1.07 bits per heavy atom. The second-order valence-corrected chi connectivity index (χ2v) is 7.49. The predicted molar refractivity (Wildman–Crippen MR) is 110 cm³/mol. The van der Waals surface area contributed by atoms with Gasteiger partial charge in [0.25, 0.3) is 5.56 Å². The van der Waals surface area contributed by atoms with Crippen molar-refractivity contribution >= 4 is 11.6 Å². The lowest BCUT2D eigenvalue weighted by Gasteiger charge is -2.39. The van der Waals surface area contributed by atoms with Gasteiger partial charge in [-0.25, -0.2) is 0 Å². The van der Waals surface area contributed by atoms with Crippen LogP contribution in [0.2, 0.25) is 5.02 Å². The molecule has 5 nitrogen and oxygen atoms in total. The Balaban J connectivity index is 2.11. The van der Waals surface area contributed by atoms with Crippen LogP contribution in [0.3, 0.4) is 0 Å². The first-order valence-corrected chi connectivity index (χ1v) is 9.99. The van der Waals surface area contributed by atoms with Crippen LogP contribution in [-0.2, 0) is 6.54 Å². The van der Waals surface area contributed by atoms with Crippen molar-refractivity contribution in [1.82, 2.24) is 14.4 Å². The first-order valence-electron chi connectivity index (χ1n) is 9.61. The Kier molecular flexibility index (Phi) is 6.25. The molecule has 1 N–H and O–H groups in total. The van der Waals surface area contributed by atoms with Gasteiger partial charge in [0.1, 0.15) is 5.75 Å². The summed E-state index contributed by atoms with van der Waals surface area (Å²) >= 11 is 6.08. The summed E-state index contributed by atoms with van der Waals surface area (Å²) in [4.78, 5) is 17.9. The number of halogens is 1. The molecule has 0 aliphatic carbocycles. The standard InChI is InChI=1S/C21H28ClN3O2/c1-4-23-10-12-24(13-11-23)20(16-6-8-17(22)9-7-16)19-18(26)14-15(3)25(5-2)21(19)27/h6-9,14,20,26H,4-5,10-13H2,1-3H3/t20-/m0/s1. The summed E-state index contributed by atoms with van der Waals surface area (Å²) in [6.07, 6.45) is 0. The number of aromatic nitrogens is 1. The van der Waals surface area contributed by atoms with Crippen molar-refractivity contribution in [3.63, 3.8) is 0 Å². The van der Waals surface area contributed by atoms with Crippen LogP contribution in [0.25, 0.3) is 0 Å². The van der Waals surface area contributed by atoms with E-state index in [1.165, 1.54) is 0 Å². The molecule has 1 aliphatic heterocycles. The zero-order chi connectivity index (χ0) is 19.6. The maximum absolute atomic E-state index is 13.2. The monoisotopic (exact) mass is 389 g/mol. The lowest BCUT2D eigenvalue weighted by Crippen LogP contribution is -2.48. The average Bonchev–Trinajstić information content (AvgIpc) is 2.66. The summed E-state index contributed by atoms with van der Waals surface area (Å²) in [5, 5.41) is 11.4.